The van der Waals surface area contributed by atoms with Gasteiger partial charge in [0.25, 0.3) is 5.91 Å². The molecule has 2 fully saturated rings. The highest BCUT2D eigenvalue weighted by Gasteiger charge is 2.51. The fraction of sp³-hybridized carbons (Fsp3) is 0.526. The van der Waals surface area contributed by atoms with Crippen LogP contribution in [0.4, 0.5) is 10.5 Å². The van der Waals surface area contributed by atoms with Gasteiger partial charge in [0.2, 0.25) is 5.91 Å². The number of nitrogens with one attached hydrogen (secondary N) is 2. The summed E-state index contributed by atoms with van der Waals surface area (Å²) in [7, 11) is 0. The van der Waals surface area contributed by atoms with Gasteiger partial charge in [-0.15, -0.1) is 0 Å². The predicted octanol–water partition coefficient (Wildman–Crippen LogP) is 2.67. The molecule has 1 spiro atoms. The molecule has 0 radical (unpaired) electrons. The van der Waals surface area contributed by atoms with Crippen LogP contribution in [0.5, 0.6) is 5.75 Å². The van der Waals surface area contributed by atoms with Crippen molar-refractivity contribution in [2.75, 3.05) is 18.5 Å². The fourth-order valence-electron chi connectivity index (χ4n) is 3.65. The van der Waals surface area contributed by atoms with Gasteiger partial charge in [-0.1, -0.05) is 31.4 Å². The first kappa shape index (κ1) is 18.2. The van der Waals surface area contributed by atoms with E-state index in [-0.39, 0.29) is 30.8 Å². The Morgan fingerprint density at radius 3 is 2.69 bits per heavy atom. The van der Waals surface area contributed by atoms with E-state index in [1.807, 2.05) is 19.1 Å². The van der Waals surface area contributed by atoms with Gasteiger partial charge in [-0.25, -0.2) is 4.79 Å². The lowest BCUT2D eigenvalue weighted by Gasteiger charge is -2.30. The van der Waals surface area contributed by atoms with Gasteiger partial charge in [-0.3, -0.25) is 14.5 Å². The lowest BCUT2D eigenvalue weighted by Crippen LogP contribution is -2.48. The van der Waals surface area contributed by atoms with E-state index < -0.39 is 5.54 Å². The molecule has 0 aromatic heterocycles. The largest absolute Gasteiger partial charge is 0.492 e. The van der Waals surface area contributed by atoms with Crippen LogP contribution in [0.15, 0.2) is 24.3 Å². The SMILES string of the molecule is CCOc1ccccc1NC(=O)CCN1C(=O)NC2(CCCCC2)C1=O. The second-order valence-corrected chi connectivity index (χ2v) is 6.76. The number of carbonyl (C=O) groups is 3. The quantitative estimate of drug-likeness (QED) is 0.765. The number of nitrogens with zero attached hydrogens (tertiary/aromatic N) is 1. The smallest absolute Gasteiger partial charge is 0.325 e. The number of amides is 4. The number of rotatable bonds is 6. The summed E-state index contributed by atoms with van der Waals surface area (Å²) in [5.41, 5.74) is -0.159. The van der Waals surface area contributed by atoms with Crippen molar-refractivity contribution in [1.82, 2.24) is 10.2 Å². The number of carbonyl (C=O) groups excluding carboxylic acids is 3. The maximum absolute atomic E-state index is 12.7. The van der Waals surface area contributed by atoms with Crippen LogP contribution in [0.2, 0.25) is 0 Å². The Morgan fingerprint density at radius 2 is 1.96 bits per heavy atom. The predicted molar refractivity (Wildman–Crippen MR) is 96.9 cm³/mol. The topological polar surface area (TPSA) is 87.7 Å². The number of anilines is 1. The lowest BCUT2D eigenvalue weighted by atomic mass is 9.82. The molecule has 1 saturated heterocycles. The number of benzene rings is 1. The molecule has 4 amide bonds. The van der Waals surface area contributed by atoms with Crippen molar-refractivity contribution in [1.29, 1.82) is 0 Å². The molecular formula is C19H25N3O4. The van der Waals surface area contributed by atoms with E-state index in [2.05, 4.69) is 10.6 Å². The number of para-hydroxylation sites is 2. The van der Waals surface area contributed by atoms with Gasteiger partial charge in [0.1, 0.15) is 11.3 Å². The minimum absolute atomic E-state index is 0.0513. The van der Waals surface area contributed by atoms with Crippen LogP contribution in [0.1, 0.15) is 45.4 Å². The number of urea groups is 1. The number of hydrogen-bond acceptors (Lipinski definition) is 4. The third-order valence-electron chi connectivity index (χ3n) is 4.98. The second kappa shape index (κ2) is 7.76. The van der Waals surface area contributed by atoms with E-state index in [9.17, 15) is 14.4 Å². The standard InChI is InChI=1S/C19H25N3O4/c1-2-26-15-9-5-4-8-14(15)20-16(23)10-13-22-17(24)19(21-18(22)25)11-6-3-7-12-19/h4-5,8-9H,2-3,6-7,10-13H2,1H3,(H,20,23)(H,21,25). The molecule has 26 heavy (non-hydrogen) atoms. The fourth-order valence-corrected chi connectivity index (χ4v) is 3.65. The monoisotopic (exact) mass is 359 g/mol. The zero-order chi connectivity index (χ0) is 18.6. The Hall–Kier alpha value is -2.57. The average molecular weight is 359 g/mol. The molecule has 0 unspecified atom stereocenters. The van der Waals surface area contributed by atoms with E-state index in [1.54, 1.807) is 12.1 Å². The van der Waals surface area contributed by atoms with Gasteiger partial charge in [0.05, 0.1) is 12.3 Å². The third-order valence-corrected chi connectivity index (χ3v) is 4.98. The molecule has 3 rings (SSSR count). The summed E-state index contributed by atoms with van der Waals surface area (Å²) in [5.74, 6) is 0.145. The van der Waals surface area contributed by atoms with Crippen LogP contribution in [-0.4, -0.2) is 41.4 Å². The summed E-state index contributed by atoms with van der Waals surface area (Å²) in [5, 5.41) is 5.64. The van der Waals surface area contributed by atoms with Gasteiger partial charge >= 0.3 is 6.03 Å². The van der Waals surface area contributed by atoms with E-state index in [1.165, 1.54) is 4.90 Å². The summed E-state index contributed by atoms with van der Waals surface area (Å²) in [6, 6.07) is 6.79. The Balaban J connectivity index is 1.58. The van der Waals surface area contributed by atoms with Crippen LogP contribution in [0, 0.1) is 0 Å². The van der Waals surface area contributed by atoms with Crippen molar-refractivity contribution in [2.24, 2.45) is 0 Å². The van der Waals surface area contributed by atoms with Gasteiger partial charge in [-0.2, -0.15) is 0 Å². The number of ether oxygens (including phenoxy) is 1. The maximum atomic E-state index is 12.7. The zero-order valence-corrected chi connectivity index (χ0v) is 15.0. The molecule has 1 aromatic carbocycles. The highest BCUT2D eigenvalue weighted by molar-refractivity contribution is 6.07. The molecule has 2 aliphatic rings. The molecule has 1 saturated carbocycles. The van der Waals surface area contributed by atoms with Gasteiger partial charge in [-0.05, 0) is 31.9 Å². The van der Waals surface area contributed by atoms with Crippen molar-refractivity contribution in [3.63, 3.8) is 0 Å². The number of hydrogen-bond donors (Lipinski definition) is 2. The van der Waals surface area contributed by atoms with Crippen LogP contribution in [-0.2, 0) is 9.59 Å². The van der Waals surface area contributed by atoms with Crippen molar-refractivity contribution in [3.05, 3.63) is 24.3 Å². The highest BCUT2D eigenvalue weighted by atomic mass is 16.5. The van der Waals surface area contributed by atoms with Crippen LogP contribution >= 0.6 is 0 Å². The van der Waals surface area contributed by atoms with Gasteiger partial charge < -0.3 is 15.4 Å². The Kier molecular flexibility index (Phi) is 5.44. The Bertz CT molecular complexity index is 698. The Labute approximate surface area is 153 Å². The van der Waals surface area contributed by atoms with Crippen molar-refractivity contribution < 1.29 is 19.1 Å². The summed E-state index contributed by atoms with van der Waals surface area (Å²) < 4.78 is 5.48. The molecule has 1 heterocycles. The molecule has 140 valence electrons. The first-order valence-electron chi connectivity index (χ1n) is 9.21. The molecule has 2 N–H and O–H groups in total. The molecule has 1 aliphatic carbocycles. The minimum Gasteiger partial charge on any atom is -0.492 e. The highest BCUT2D eigenvalue weighted by Crippen LogP contribution is 2.33. The lowest BCUT2D eigenvalue weighted by molar-refractivity contribution is -0.132. The summed E-state index contributed by atoms with van der Waals surface area (Å²) in [6.45, 7) is 2.45. The van der Waals surface area contributed by atoms with Gasteiger partial charge in [0, 0.05) is 13.0 Å². The van der Waals surface area contributed by atoms with E-state index >= 15 is 0 Å². The second-order valence-electron chi connectivity index (χ2n) is 6.76. The first-order chi connectivity index (χ1) is 12.6. The van der Waals surface area contributed by atoms with Crippen LogP contribution < -0.4 is 15.4 Å². The van der Waals surface area contributed by atoms with Crippen molar-refractivity contribution in [3.8, 4) is 5.75 Å². The van der Waals surface area contributed by atoms with E-state index in [0.717, 1.165) is 19.3 Å². The molecule has 0 atom stereocenters. The van der Waals surface area contributed by atoms with Crippen molar-refractivity contribution in [2.45, 2.75) is 51.0 Å². The zero-order valence-electron chi connectivity index (χ0n) is 15.0. The minimum atomic E-state index is -0.743. The van der Waals surface area contributed by atoms with Crippen LogP contribution in [0.3, 0.4) is 0 Å². The summed E-state index contributed by atoms with van der Waals surface area (Å²) in [6.07, 6.45) is 4.38. The molecule has 0 bridgehead atoms. The summed E-state index contributed by atoms with van der Waals surface area (Å²) in [4.78, 5) is 38.4. The van der Waals surface area contributed by atoms with Gasteiger partial charge in [0.15, 0.2) is 0 Å². The van der Waals surface area contributed by atoms with Crippen molar-refractivity contribution >= 4 is 23.5 Å². The maximum Gasteiger partial charge on any atom is 0.325 e. The first-order valence-corrected chi connectivity index (χ1v) is 9.21. The molecule has 1 aromatic rings. The van der Waals surface area contributed by atoms with E-state index in [0.29, 0.717) is 30.9 Å². The van der Waals surface area contributed by atoms with E-state index in [4.69, 9.17) is 4.74 Å². The average Bonchev–Trinajstić information content (AvgIpc) is 2.85. The van der Waals surface area contributed by atoms with Crippen LogP contribution in [0.25, 0.3) is 0 Å². The third kappa shape index (κ3) is 3.66. The summed E-state index contributed by atoms with van der Waals surface area (Å²) >= 11 is 0. The molecular weight excluding hydrogens is 334 g/mol. The normalized spacial score (nSPS) is 18.7. The molecule has 7 heteroatoms. The number of imide groups is 1. The molecule has 7 nitrogen and oxygen atoms in total. The Morgan fingerprint density at radius 1 is 1.23 bits per heavy atom. The molecule has 1 aliphatic heterocycles.